The third-order valence-electron chi connectivity index (χ3n) is 1.39. The third-order valence-corrected chi connectivity index (χ3v) is 2.33. The van der Waals surface area contributed by atoms with E-state index in [9.17, 15) is 0 Å². The minimum absolute atomic E-state index is 0.628. The van der Waals surface area contributed by atoms with Gasteiger partial charge in [0, 0.05) is 0 Å². The van der Waals surface area contributed by atoms with E-state index in [4.69, 9.17) is 17.3 Å². The number of anilines is 1. The molecule has 1 rings (SSSR count). The van der Waals surface area contributed by atoms with Crippen molar-refractivity contribution in [3.8, 4) is 0 Å². The van der Waals surface area contributed by atoms with E-state index >= 15 is 0 Å². The van der Waals surface area contributed by atoms with Crippen LogP contribution in [0.25, 0.3) is 0 Å². The van der Waals surface area contributed by atoms with Crippen LogP contribution >= 0.6 is 20.8 Å². The van der Waals surface area contributed by atoms with Gasteiger partial charge in [0.25, 0.3) is 0 Å². The Morgan fingerprint density at radius 2 is 2.10 bits per heavy atom. The van der Waals surface area contributed by atoms with E-state index in [-0.39, 0.29) is 0 Å². The fourth-order valence-electron chi connectivity index (χ4n) is 0.707. The molecule has 0 spiro atoms. The molecule has 2 N–H and O–H groups in total. The first kappa shape index (κ1) is 7.84. The van der Waals surface area contributed by atoms with Crippen molar-refractivity contribution in [2.24, 2.45) is 0 Å². The number of hydrogen-bond acceptors (Lipinski definition) is 1. The molecule has 3 heteroatoms. The quantitative estimate of drug-likeness (QED) is 0.469. The minimum atomic E-state index is 0.628. The molecule has 0 aliphatic rings. The van der Waals surface area contributed by atoms with Crippen molar-refractivity contribution in [2.45, 2.75) is 6.92 Å². The van der Waals surface area contributed by atoms with Gasteiger partial charge in [-0.25, -0.2) is 0 Å². The molecule has 54 valence electrons. The van der Waals surface area contributed by atoms with Gasteiger partial charge in [0.05, 0.1) is 10.7 Å². The highest BCUT2D eigenvalue weighted by molar-refractivity contribution is 7.27. The molecule has 0 aromatic heterocycles. The lowest BCUT2D eigenvalue weighted by Crippen LogP contribution is -1.99. The van der Waals surface area contributed by atoms with Gasteiger partial charge in [0.1, 0.15) is 0 Å². The van der Waals surface area contributed by atoms with E-state index in [1.807, 2.05) is 19.1 Å². The summed E-state index contributed by atoms with van der Waals surface area (Å²) in [5.74, 6) is 0. The lowest BCUT2D eigenvalue weighted by molar-refractivity contribution is 1.52. The summed E-state index contributed by atoms with van der Waals surface area (Å²) in [7, 11) is 2.61. The molecular weight excluding hydrogens is 165 g/mol. The molecule has 0 aliphatic carbocycles. The van der Waals surface area contributed by atoms with E-state index in [1.54, 1.807) is 0 Å². The van der Waals surface area contributed by atoms with Crippen LogP contribution in [0.5, 0.6) is 0 Å². The lowest BCUT2D eigenvalue weighted by Gasteiger charge is -2.02. The van der Waals surface area contributed by atoms with Gasteiger partial charge < -0.3 is 5.73 Å². The molecular formula is C7H9ClNP. The number of benzene rings is 1. The molecule has 0 radical (unpaired) electrons. The molecule has 0 amide bonds. The molecule has 0 saturated carbocycles. The summed E-state index contributed by atoms with van der Waals surface area (Å²) in [4.78, 5) is 0. The molecule has 1 aromatic rings. The maximum absolute atomic E-state index is 5.75. The molecule has 0 fully saturated rings. The summed E-state index contributed by atoms with van der Waals surface area (Å²) in [6.45, 7) is 1.99. The van der Waals surface area contributed by atoms with Gasteiger partial charge in [-0.2, -0.15) is 0 Å². The second-order valence-electron chi connectivity index (χ2n) is 2.23. The monoisotopic (exact) mass is 173 g/mol. The van der Waals surface area contributed by atoms with Gasteiger partial charge in [0.15, 0.2) is 0 Å². The highest BCUT2D eigenvalue weighted by atomic mass is 35.5. The molecule has 0 aliphatic heterocycles. The van der Waals surface area contributed by atoms with Crippen molar-refractivity contribution in [1.29, 1.82) is 0 Å². The summed E-state index contributed by atoms with van der Waals surface area (Å²) in [6, 6.07) is 3.71. The average molecular weight is 174 g/mol. The zero-order chi connectivity index (χ0) is 7.72. The Morgan fingerprint density at radius 3 is 2.60 bits per heavy atom. The number of aryl methyl sites for hydroxylation is 1. The van der Waals surface area contributed by atoms with Crippen molar-refractivity contribution in [1.82, 2.24) is 0 Å². The van der Waals surface area contributed by atoms with E-state index in [2.05, 4.69) is 9.24 Å². The van der Waals surface area contributed by atoms with E-state index in [0.717, 1.165) is 10.9 Å². The van der Waals surface area contributed by atoms with Crippen LogP contribution in [0.4, 0.5) is 5.69 Å². The van der Waals surface area contributed by atoms with Crippen molar-refractivity contribution in [3.63, 3.8) is 0 Å². The van der Waals surface area contributed by atoms with E-state index < -0.39 is 0 Å². The summed E-state index contributed by atoms with van der Waals surface area (Å²) >= 11 is 5.75. The topological polar surface area (TPSA) is 26.0 Å². The van der Waals surface area contributed by atoms with Crippen molar-refractivity contribution < 1.29 is 0 Å². The average Bonchev–Trinajstić information content (AvgIpc) is 1.84. The SMILES string of the molecule is Cc1cc(Cl)c(N)cc1P. The largest absolute Gasteiger partial charge is 0.398 e. The van der Waals surface area contributed by atoms with Gasteiger partial charge in [-0.1, -0.05) is 11.6 Å². The number of halogens is 1. The molecule has 1 unspecified atom stereocenters. The third kappa shape index (κ3) is 1.42. The fraction of sp³-hybridized carbons (Fsp3) is 0.143. The summed E-state index contributed by atoms with van der Waals surface area (Å²) in [5.41, 5.74) is 7.32. The Labute approximate surface area is 67.8 Å². The Balaban J connectivity index is 3.28. The first-order valence-electron chi connectivity index (χ1n) is 2.92. The standard InChI is InChI=1S/C7H9ClNP/c1-4-2-5(8)6(9)3-7(4)10/h2-3H,9-10H2,1H3. The molecule has 0 heterocycles. The summed E-state index contributed by atoms with van der Waals surface area (Å²) in [5, 5.41) is 1.73. The van der Waals surface area contributed by atoms with Gasteiger partial charge in [-0.15, -0.1) is 9.24 Å². The number of nitrogen functional groups attached to an aromatic ring is 1. The predicted molar refractivity (Wildman–Crippen MR) is 49.9 cm³/mol. The summed E-state index contributed by atoms with van der Waals surface area (Å²) in [6.07, 6.45) is 0. The van der Waals surface area contributed by atoms with Crippen LogP contribution in [0, 0.1) is 6.92 Å². The number of nitrogens with two attached hydrogens (primary N) is 1. The van der Waals surface area contributed by atoms with E-state index in [1.165, 1.54) is 0 Å². The summed E-state index contributed by atoms with van der Waals surface area (Å²) < 4.78 is 0. The normalized spacial score (nSPS) is 9.90. The number of hydrogen-bond donors (Lipinski definition) is 1. The second kappa shape index (κ2) is 2.77. The van der Waals surface area contributed by atoms with Crippen molar-refractivity contribution in [2.75, 3.05) is 5.73 Å². The first-order valence-corrected chi connectivity index (χ1v) is 3.88. The minimum Gasteiger partial charge on any atom is -0.398 e. The van der Waals surface area contributed by atoms with Crippen molar-refractivity contribution in [3.05, 3.63) is 22.7 Å². The lowest BCUT2D eigenvalue weighted by atomic mass is 10.2. The fourth-order valence-corrected chi connectivity index (χ4v) is 1.19. The highest BCUT2D eigenvalue weighted by Gasteiger charge is 1.97. The molecule has 0 saturated heterocycles. The van der Waals surface area contributed by atoms with Crippen LogP contribution in [-0.2, 0) is 0 Å². The second-order valence-corrected chi connectivity index (χ2v) is 3.26. The Kier molecular flexibility index (Phi) is 2.18. The smallest absolute Gasteiger partial charge is 0.0638 e. The van der Waals surface area contributed by atoms with Gasteiger partial charge in [0.2, 0.25) is 0 Å². The van der Waals surface area contributed by atoms with Crippen LogP contribution in [-0.4, -0.2) is 0 Å². The Morgan fingerprint density at radius 1 is 1.50 bits per heavy atom. The number of rotatable bonds is 0. The highest BCUT2D eigenvalue weighted by Crippen LogP contribution is 2.18. The predicted octanol–water partition coefficient (Wildman–Crippen LogP) is 1.73. The van der Waals surface area contributed by atoms with Crippen molar-refractivity contribution >= 4 is 31.8 Å². The van der Waals surface area contributed by atoms with Crippen LogP contribution in [0.15, 0.2) is 12.1 Å². The van der Waals surface area contributed by atoms with Gasteiger partial charge in [-0.05, 0) is 29.9 Å². The van der Waals surface area contributed by atoms with Crippen LogP contribution in [0.3, 0.4) is 0 Å². The molecule has 10 heavy (non-hydrogen) atoms. The van der Waals surface area contributed by atoms with Gasteiger partial charge >= 0.3 is 0 Å². The van der Waals surface area contributed by atoms with Crippen LogP contribution < -0.4 is 11.0 Å². The van der Waals surface area contributed by atoms with Crippen LogP contribution in [0.1, 0.15) is 5.56 Å². The van der Waals surface area contributed by atoms with Crippen LogP contribution in [0.2, 0.25) is 5.02 Å². The molecule has 0 bridgehead atoms. The molecule has 1 nitrogen and oxygen atoms in total. The zero-order valence-electron chi connectivity index (χ0n) is 5.69. The maximum Gasteiger partial charge on any atom is 0.0638 e. The first-order chi connectivity index (χ1) is 4.61. The molecule has 1 aromatic carbocycles. The zero-order valence-corrected chi connectivity index (χ0v) is 7.60. The molecule has 1 atom stereocenters. The van der Waals surface area contributed by atoms with E-state index in [0.29, 0.717) is 10.7 Å². The van der Waals surface area contributed by atoms with Gasteiger partial charge in [-0.3, -0.25) is 0 Å². The Hall–Kier alpha value is -0.260. The maximum atomic E-state index is 5.75. The Bertz CT molecular complexity index is 210.